The quantitative estimate of drug-likeness (QED) is 0.150. The van der Waals surface area contributed by atoms with Gasteiger partial charge in [0.1, 0.15) is 0 Å². The molecule has 0 aliphatic heterocycles. The van der Waals surface area contributed by atoms with Gasteiger partial charge in [-0.15, -0.1) is 11.3 Å². The first-order valence-electron chi connectivity index (χ1n) is 24.0. The Balaban J connectivity index is 0.901. The van der Waals surface area contributed by atoms with Crippen LogP contribution in [0.2, 0.25) is 0 Å². The minimum atomic E-state index is -0.319. The topological polar surface area (TPSA) is 0 Å². The van der Waals surface area contributed by atoms with Crippen LogP contribution < -0.4 is 0 Å². The SMILES string of the molecule is C1=CC2c3ccccc3C(c3ccccc3)(c3cccc4c3sc3ccc(C(CCc5cccc6c5C5=C(C=CCC5)C65c6ccccc6-c6ccccc65)c5ccccc5)cc34)C2C=C1. The van der Waals surface area contributed by atoms with E-state index < -0.39 is 0 Å². The Morgan fingerprint density at radius 3 is 2.06 bits per heavy atom. The van der Waals surface area contributed by atoms with E-state index >= 15 is 0 Å². The Morgan fingerprint density at radius 1 is 0.561 bits per heavy atom. The Bertz CT molecular complexity index is 3510. The lowest BCUT2D eigenvalue weighted by atomic mass is 9.63. The monoisotopic (exact) mass is 860 g/mol. The van der Waals surface area contributed by atoms with Gasteiger partial charge in [-0.05, 0) is 121 Å². The minimum Gasteiger partial charge on any atom is -0.135 e. The lowest BCUT2D eigenvalue weighted by molar-refractivity contribution is 0.460. The molecule has 66 heavy (non-hydrogen) atoms. The van der Waals surface area contributed by atoms with Gasteiger partial charge in [0, 0.05) is 37.9 Å². The second kappa shape index (κ2) is 14.7. The molecule has 1 heterocycles. The number of allylic oxidation sites excluding steroid dienone is 8. The van der Waals surface area contributed by atoms with Crippen molar-refractivity contribution in [2.75, 3.05) is 0 Å². The fraction of sp³-hybridized carbons (Fsp3) is 0.138. The van der Waals surface area contributed by atoms with E-state index in [1.165, 1.54) is 98.1 Å². The van der Waals surface area contributed by atoms with Gasteiger partial charge >= 0.3 is 0 Å². The molecule has 1 aromatic heterocycles. The van der Waals surface area contributed by atoms with Crippen molar-refractivity contribution in [2.24, 2.45) is 5.92 Å². The van der Waals surface area contributed by atoms with Gasteiger partial charge in [-0.1, -0.05) is 212 Å². The van der Waals surface area contributed by atoms with Crippen LogP contribution in [0.25, 0.3) is 36.9 Å². The number of hydrogen-bond acceptors (Lipinski definition) is 1. The molecule has 0 amide bonds. The van der Waals surface area contributed by atoms with Gasteiger partial charge in [0.25, 0.3) is 0 Å². The van der Waals surface area contributed by atoms with Crippen LogP contribution in [0, 0.1) is 5.92 Å². The zero-order valence-corrected chi connectivity index (χ0v) is 37.6. The van der Waals surface area contributed by atoms with Crippen LogP contribution in [-0.2, 0) is 17.3 Å². The lowest BCUT2D eigenvalue weighted by Gasteiger charge is -2.39. The van der Waals surface area contributed by atoms with Crippen molar-refractivity contribution < 1.29 is 0 Å². The van der Waals surface area contributed by atoms with Crippen molar-refractivity contribution in [1.82, 2.24) is 0 Å². The highest BCUT2D eigenvalue weighted by Crippen LogP contribution is 2.64. The largest absolute Gasteiger partial charge is 0.135 e. The zero-order valence-electron chi connectivity index (χ0n) is 36.8. The average Bonchev–Trinajstić information content (AvgIpc) is 4.10. The number of fused-ring (bicyclic) bond motifs is 15. The van der Waals surface area contributed by atoms with Gasteiger partial charge in [0.15, 0.2) is 0 Å². The zero-order chi connectivity index (χ0) is 43.4. The third-order valence-corrected chi connectivity index (χ3v) is 17.5. The summed E-state index contributed by atoms with van der Waals surface area (Å²) >= 11 is 1.98. The minimum absolute atomic E-state index is 0.241. The van der Waals surface area contributed by atoms with Gasteiger partial charge in [0.2, 0.25) is 0 Å². The Labute approximate surface area is 391 Å². The standard InChI is InChI=1S/C65H48S/c1-3-19-42(20-4-1)46(39-37-43-21-17-35-59-62(43)52-28-11-16-34-58(52)65(59)56-32-14-9-26-49(56)50-27-10-15-33-57(50)65)44-38-40-61-53(41-44)51-29-18-36-60(63(51)66-61)64(45-22-5-2-6-23-45)54-30-12-7-24-47(54)48-25-8-13-31-55(48)64/h1-10,12-27,29-36,38,40-41,46-47,54H,11,28,37,39H2. The summed E-state index contributed by atoms with van der Waals surface area (Å²) in [5, 5.41) is 2.73. The summed E-state index contributed by atoms with van der Waals surface area (Å²) < 4.78 is 2.75. The molecular weight excluding hydrogens is 813 g/mol. The summed E-state index contributed by atoms with van der Waals surface area (Å²) in [7, 11) is 0. The second-order valence-corrected chi connectivity index (χ2v) is 20.2. The molecule has 5 aliphatic rings. The number of benzene rings is 8. The van der Waals surface area contributed by atoms with E-state index in [1.54, 1.807) is 5.57 Å². The Hall–Kier alpha value is -7.06. The normalized spacial score (nSPS) is 20.6. The molecule has 1 heteroatoms. The highest BCUT2D eigenvalue weighted by Gasteiger charge is 2.54. The molecule has 314 valence electrons. The molecule has 4 atom stereocenters. The summed E-state index contributed by atoms with van der Waals surface area (Å²) in [6.45, 7) is 0. The highest BCUT2D eigenvalue weighted by atomic mass is 32.1. The van der Waals surface area contributed by atoms with E-state index in [1.807, 2.05) is 11.3 Å². The van der Waals surface area contributed by atoms with Gasteiger partial charge in [0.05, 0.1) is 10.8 Å². The molecule has 4 unspecified atom stereocenters. The molecule has 0 N–H and O–H groups in total. The van der Waals surface area contributed by atoms with Crippen LogP contribution in [0.4, 0.5) is 0 Å². The van der Waals surface area contributed by atoms with Crippen LogP contribution in [-0.4, -0.2) is 0 Å². The fourth-order valence-corrected chi connectivity index (χ4v) is 15.0. The van der Waals surface area contributed by atoms with Crippen LogP contribution in [0.5, 0.6) is 0 Å². The third-order valence-electron chi connectivity index (χ3n) is 16.2. The summed E-state index contributed by atoms with van der Waals surface area (Å²) in [6, 6.07) is 72.2. The van der Waals surface area contributed by atoms with Crippen molar-refractivity contribution in [3.63, 3.8) is 0 Å². The van der Waals surface area contributed by atoms with E-state index in [0.29, 0.717) is 5.92 Å². The molecule has 0 radical (unpaired) electrons. The van der Waals surface area contributed by atoms with Crippen molar-refractivity contribution in [1.29, 1.82) is 0 Å². The Morgan fingerprint density at radius 2 is 1.24 bits per heavy atom. The summed E-state index contributed by atoms with van der Waals surface area (Å²) in [5.41, 5.74) is 21.0. The molecule has 0 saturated heterocycles. The van der Waals surface area contributed by atoms with Crippen molar-refractivity contribution in [3.05, 3.63) is 291 Å². The second-order valence-electron chi connectivity index (χ2n) is 19.1. The first-order valence-corrected chi connectivity index (χ1v) is 24.8. The average molecular weight is 861 g/mol. The maximum Gasteiger partial charge on any atom is 0.0722 e. The molecule has 1 spiro atoms. The van der Waals surface area contributed by atoms with E-state index in [0.717, 1.165) is 25.7 Å². The van der Waals surface area contributed by atoms with Crippen molar-refractivity contribution in [3.8, 4) is 11.1 Å². The van der Waals surface area contributed by atoms with Gasteiger partial charge < -0.3 is 0 Å². The molecule has 0 bridgehead atoms. The molecule has 5 aliphatic carbocycles. The third kappa shape index (κ3) is 5.15. The summed E-state index contributed by atoms with van der Waals surface area (Å²) in [4.78, 5) is 0. The van der Waals surface area contributed by atoms with Crippen LogP contribution in [0.1, 0.15) is 92.3 Å². The summed E-state index contributed by atoms with van der Waals surface area (Å²) in [6.07, 6.45) is 18.5. The number of hydrogen-bond donors (Lipinski definition) is 0. The van der Waals surface area contributed by atoms with Crippen molar-refractivity contribution in [2.45, 2.75) is 48.3 Å². The molecule has 0 nitrogen and oxygen atoms in total. The molecule has 0 saturated carbocycles. The molecule has 8 aromatic carbocycles. The van der Waals surface area contributed by atoms with Gasteiger partial charge in [-0.2, -0.15) is 0 Å². The van der Waals surface area contributed by atoms with E-state index in [9.17, 15) is 0 Å². The molecular formula is C65H48S. The van der Waals surface area contributed by atoms with Gasteiger partial charge in [-0.3, -0.25) is 0 Å². The van der Waals surface area contributed by atoms with Crippen molar-refractivity contribution >= 4 is 37.1 Å². The van der Waals surface area contributed by atoms with E-state index in [-0.39, 0.29) is 22.7 Å². The van der Waals surface area contributed by atoms with Gasteiger partial charge in [-0.25, -0.2) is 0 Å². The maximum absolute atomic E-state index is 2.56. The predicted octanol–water partition coefficient (Wildman–Crippen LogP) is 16.4. The van der Waals surface area contributed by atoms with E-state index in [2.05, 4.69) is 225 Å². The fourth-order valence-electron chi connectivity index (χ4n) is 13.7. The smallest absolute Gasteiger partial charge is 0.0722 e. The van der Waals surface area contributed by atoms with Crippen LogP contribution in [0.15, 0.2) is 230 Å². The summed E-state index contributed by atoms with van der Waals surface area (Å²) in [5.74, 6) is 0.845. The van der Waals surface area contributed by atoms with Crippen LogP contribution >= 0.6 is 11.3 Å². The highest BCUT2D eigenvalue weighted by molar-refractivity contribution is 7.26. The van der Waals surface area contributed by atoms with Crippen LogP contribution in [0.3, 0.4) is 0 Å². The molecule has 14 rings (SSSR count). The maximum atomic E-state index is 2.56. The first kappa shape index (κ1) is 38.2. The number of aryl methyl sites for hydroxylation is 1. The molecule has 0 fully saturated rings. The molecule has 9 aromatic rings. The number of thiophene rings is 1. The van der Waals surface area contributed by atoms with E-state index in [4.69, 9.17) is 0 Å². The predicted molar refractivity (Wildman–Crippen MR) is 277 cm³/mol. The Kier molecular flexibility index (Phi) is 8.53. The first-order chi connectivity index (χ1) is 32.8. The number of rotatable bonds is 7. The lowest BCUT2D eigenvalue weighted by Crippen LogP contribution is -2.35.